The molecule has 1 aromatic carbocycles. The first-order valence-electron chi connectivity index (χ1n) is 11.7. The van der Waals surface area contributed by atoms with Crippen molar-refractivity contribution in [1.82, 2.24) is 19.4 Å². The van der Waals surface area contributed by atoms with Gasteiger partial charge >= 0.3 is 5.97 Å². The molecule has 4 atom stereocenters. The number of imidazole rings is 1. The van der Waals surface area contributed by atoms with Crippen molar-refractivity contribution >= 4 is 17.0 Å². The number of aromatic amines is 1. The number of nitrogens with zero attached hydrogens (tertiary/aromatic N) is 3. The highest BCUT2D eigenvalue weighted by Crippen LogP contribution is 2.57. The number of methoxy groups -OCH3 is 2. The van der Waals surface area contributed by atoms with Gasteiger partial charge in [-0.15, -0.1) is 0 Å². The van der Waals surface area contributed by atoms with Gasteiger partial charge in [0.1, 0.15) is 17.1 Å². The summed E-state index contributed by atoms with van der Waals surface area (Å²) in [6, 6.07) is 8.94. The summed E-state index contributed by atoms with van der Waals surface area (Å²) >= 11 is 0. The Labute approximate surface area is 196 Å². The molecule has 9 heteroatoms. The maximum atomic E-state index is 12.3. The van der Waals surface area contributed by atoms with Crippen LogP contribution in [0.2, 0.25) is 0 Å². The fourth-order valence-corrected chi connectivity index (χ4v) is 5.65. The van der Waals surface area contributed by atoms with Crippen molar-refractivity contribution in [3.05, 3.63) is 57.8 Å². The van der Waals surface area contributed by atoms with Crippen LogP contribution in [0.25, 0.3) is 11.0 Å². The maximum absolute atomic E-state index is 12.3. The van der Waals surface area contributed by atoms with Gasteiger partial charge in [-0.3, -0.25) is 9.69 Å². The van der Waals surface area contributed by atoms with E-state index in [0.717, 1.165) is 48.7 Å². The summed E-state index contributed by atoms with van der Waals surface area (Å²) in [5.74, 6) is 2.66. The number of hydrogen-bond donors (Lipinski definition) is 1. The smallest absolute Gasteiger partial charge is 0.338 e. The number of H-pyrrole nitrogens is 1. The molecule has 3 aliphatic rings. The predicted octanol–water partition coefficient (Wildman–Crippen LogP) is 2.15. The summed E-state index contributed by atoms with van der Waals surface area (Å²) < 4.78 is 18.4. The van der Waals surface area contributed by atoms with Gasteiger partial charge in [0.2, 0.25) is 5.56 Å². The lowest BCUT2D eigenvalue weighted by molar-refractivity contribution is -0.0591. The average Bonchev–Trinajstić information content (AvgIpc) is 3.13. The number of carbonyl (C=O) groups excluding carboxylic acids is 1. The molecule has 34 heavy (non-hydrogen) atoms. The molecule has 0 amide bonds. The third-order valence-corrected chi connectivity index (χ3v) is 7.50. The van der Waals surface area contributed by atoms with Crippen LogP contribution in [-0.4, -0.2) is 65.4 Å². The lowest BCUT2D eigenvalue weighted by atomic mass is 10.1. The van der Waals surface area contributed by atoms with Crippen molar-refractivity contribution in [1.29, 1.82) is 0 Å². The van der Waals surface area contributed by atoms with Crippen molar-refractivity contribution in [3.63, 3.8) is 0 Å². The van der Waals surface area contributed by atoms with E-state index in [2.05, 4.69) is 14.5 Å². The molecule has 9 nitrogen and oxygen atoms in total. The molecule has 1 aliphatic carbocycles. The van der Waals surface area contributed by atoms with Crippen molar-refractivity contribution in [2.24, 2.45) is 11.8 Å². The monoisotopic (exact) mass is 464 g/mol. The zero-order valence-corrected chi connectivity index (χ0v) is 19.3. The van der Waals surface area contributed by atoms with Crippen LogP contribution in [-0.2, 0) is 22.6 Å². The lowest BCUT2D eigenvalue weighted by Gasteiger charge is -2.28. The summed E-state index contributed by atoms with van der Waals surface area (Å²) in [5.41, 5.74) is 3.06. The second-order valence-corrected chi connectivity index (χ2v) is 9.48. The fourth-order valence-electron chi connectivity index (χ4n) is 5.65. The Morgan fingerprint density at radius 1 is 1.24 bits per heavy atom. The second-order valence-electron chi connectivity index (χ2n) is 9.48. The van der Waals surface area contributed by atoms with Crippen molar-refractivity contribution in [2.75, 3.05) is 33.9 Å². The average molecular weight is 465 g/mol. The van der Waals surface area contributed by atoms with Crippen LogP contribution in [0, 0.1) is 11.8 Å². The normalized spacial score (nSPS) is 25.7. The SMILES string of the molecule is COC(=O)c1cc(OC)c2nc(CN3C[C@@H]4C(c5cccc(=O)[nH]5)[C@@H]4C3)n(C[C@@H]3CCO3)c2c1. The molecule has 1 saturated carbocycles. The van der Waals surface area contributed by atoms with Crippen LogP contribution in [0.4, 0.5) is 0 Å². The second kappa shape index (κ2) is 8.25. The summed E-state index contributed by atoms with van der Waals surface area (Å²) in [7, 11) is 2.96. The van der Waals surface area contributed by atoms with Crippen LogP contribution >= 0.6 is 0 Å². The zero-order valence-electron chi connectivity index (χ0n) is 19.3. The highest BCUT2D eigenvalue weighted by Gasteiger charge is 2.56. The number of esters is 1. The highest BCUT2D eigenvalue weighted by molar-refractivity contribution is 5.96. The Morgan fingerprint density at radius 3 is 2.68 bits per heavy atom. The van der Waals surface area contributed by atoms with E-state index in [1.165, 1.54) is 7.11 Å². The minimum absolute atomic E-state index is 0.0356. The number of piperidine rings is 1. The van der Waals surface area contributed by atoms with E-state index in [-0.39, 0.29) is 11.7 Å². The van der Waals surface area contributed by atoms with Crippen molar-refractivity contribution in [2.45, 2.75) is 31.5 Å². The third kappa shape index (κ3) is 3.59. The van der Waals surface area contributed by atoms with Gasteiger partial charge in [-0.2, -0.15) is 0 Å². The number of rotatable bonds is 7. The standard InChI is InChI=1S/C25H28N4O5/c1-32-20-9-14(25(31)33-2)8-19-24(20)27-21(29(19)10-15-6-7-34-15)13-28-11-16-17(12-28)23(16)18-4-3-5-22(30)26-18/h3-5,8-9,15-17,23H,6-7,10-13H2,1-2H3,(H,26,30)/t15-,16-,17+,23?/m0/s1. The first-order chi connectivity index (χ1) is 16.6. The van der Waals surface area contributed by atoms with E-state index >= 15 is 0 Å². The highest BCUT2D eigenvalue weighted by atomic mass is 16.5. The molecule has 2 aliphatic heterocycles. The van der Waals surface area contributed by atoms with E-state index < -0.39 is 5.97 Å². The maximum Gasteiger partial charge on any atom is 0.338 e. The molecule has 3 fully saturated rings. The summed E-state index contributed by atoms with van der Waals surface area (Å²) in [4.78, 5) is 34.3. The van der Waals surface area contributed by atoms with Crippen molar-refractivity contribution < 1.29 is 19.0 Å². The Bertz CT molecular complexity index is 1300. The van der Waals surface area contributed by atoms with E-state index in [1.54, 1.807) is 19.2 Å². The summed E-state index contributed by atoms with van der Waals surface area (Å²) in [6.07, 6.45) is 1.16. The third-order valence-electron chi connectivity index (χ3n) is 7.50. The molecule has 0 spiro atoms. The molecule has 178 valence electrons. The van der Waals surface area contributed by atoms with Crippen LogP contribution in [0.3, 0.4) is 0 Å². The molecular weight excluding hydrogens is 436 g/mol. The van der Waals surface area contributed by atoms with Gasteiger partial charge in [0.15, 0.2) is 0 Å². The van der Waals surface area contributed by atoms with Gasteiger partial charge in [-0.1, -0.05) is 6.07 Å². The molecule has 1 N–H and O–H groups in total. The largest absolute Gasteiger partial charge is 0.494 e. The number of likely N-dealkylation sites (tertiary alicyclic amines) is 1. The van der Waals surface area contributed by atoms with Crippen LogP contribution in [0.1, 0.15) is 34.2 Å². The fraction of sp³-hybridized carbons (Fsp3) is 0.480. The first-order valence-corrected chi connectivity index (χ1v) is 11.7. The Balaban J connectivity index is 1.28. The molecule has 2 saturated heterocycles. The van der Waals surface area contributed by atoms with E-state index in [0.29, 0.717) is 42.2 Å². The van der Waals surface area contributed by atoms with E-state index in [9.17, 15) is 9.59 Å². The Kier molecular flexibility index (Phi) is 5.18. The van der Waals surface area contributed by atoms with Gasteiger partial charge in [0.25, 0.3) is 0 Å². The molecule has 0 bridgehead atoms. The van der Waals surface area contributed by atoms with Gasteiger partial charge in [-0.25, -0.2) is 9.78 Å². The predicted molar refractivity (Wildman–Crippen MR) is 124 cm³/mol. The van der Waals surface area contributed by atoms with Crippen LogP contribution < -0.4 is 10.3 Å². The molecule has 3 aromatic rings. The lowest BCUT2D eigenvalue weighted by Crippen LogP contribution is -2.33. The van der Waals surface area contributed by atoms with Gasteiger partial charge in [0, 0.05) is 37.4 Å². The molecule has 2 aromatic heterocycles. The van der Waals surface area contributed by atoms with Crippen LogP contribution in [0.5, 0.6) is 5.75 Å². The number of benzene rings is 1. The molecular formula is C25H28N4O5. The number of ether oxygens (including phenoxy) is 3. The van der Waals surface area contributed by atoms with E-state index in [1.807, 2.05) is 18.2 Å². The topological polar surface area (TPSA) is 98.7 Å². The van der Waals surface area contributed by atoms with Gasteiger partial charge in [0.05, 0.1) is 44.5 Å². The van der Waals surface area contributed by atoms with Gasteiger partial charge < -0.3 is 23.8 Å². The van der Waals surface area contributed by atoms with Crippen LogP contribution in [0.15, 0.2) is 35.1 Å². The molecule has 6 rings (SSSR count). The van der Waals surface area contributed by atoms with E-state index in [4.69, 9.17) is 19.2 Å². The molecule has 1 unspecified atom stereocenters. The minimum atomic E-state index is -0.404. The number of hydrogen-bond acceptors (Lipinski definition) is 7. The summed E-state index contributed by atoms with van der Waals surface area (Å²) in [6.45, 7) is 4.12. The van der Waals surface area contributed by atoms with Crippen molar-refractivity contribution in [3.8, 4) is 5.75 Å². The molecule has 0 radical (unpaired) electrons. The number of carbonyl (C=O) groups is 1. The summed E-state index contributed by atoms with van der Waals surface area (Å²) in [5, 5.41) is 0. The first kappa shape index (κ1) is 21.4. The minimum Gasteiger partial charge on any atom is -0.494 e. The van der Waals surface area contributed by atoms with Gasteiger partial charge in [-0.05, 0) is 36.5 Å². The number of aromatic nitrogens is 3. The number of nitrogens with one attached hydrogen (secondary N) is 1. The number of fused-ring (bicyclic) bond motifs is 2. The number of pyridine rings is 1. The quantitative estimate of drug-likeness (QED) is 0.535. The molecule has 4 heterocycles. The Hall–Kier alpha value is -3.17. The Morgan fingerprint density at radius 2 is 2.03 bits per heavy atom. The zero-order chi connectivity index (χ0) is 23.4.